The molecule has 2 N–H and O–H groups in total. The van der Waals surface area contributed by atoms with E-state index >= 15 is 0 Å². The Morgan fingerprint density at radius 3 is 2.82 bits per heavy atom. The lowest BCUT2D eigenvalue weighted by atomic mass is 10.0. The summed E-state index contributed by atoms with van der Waals surface area (Å²) in [5, 5.41) is 3.85. The predicted octanol–water partition coefficient (Wildman–Crippen LogP) is 1.67. The van der Waals surface area contributed by atoms with Crippen LogP contribution in [0.15, 0.2) is 23.0 Å². The van der Waals surface area contributed by atoms with Crippen LogP contribution in [0.5, 0.6) is 0 Å². The number of carbonyl (C=O) groups excluding carboxylic acids is 1. The van der Waals surface area contributed by atoms with Crippen LogP contribution >= 0.6 is 15.9 Å². The molecule has 1 aromatic rings. The number of halogens is 1. The van der Waals surface area contributed by atoms with Crippen LogP contribution in [0.1, 0.15) is 29.8 Å². The average molecular weight is 299 g/mol. The predicted molar refractivity (Wildman–Crippen MR) is 69.5 cm³/mol. The summed E-state index contributed by atoms with van der Waals surface area (Å²) in [6.45, 7) is 0.689. The number of aromatic amines is 1. The van der Waals surface area contributed by atoms with E-state index < -0.39 is 0 Å². The van der Waals surface area contributed by atoms with Crippen LogP contribution in [0.25, 0.3) is 0 Å². The number of H-pyrrole nitrogens is 1. The molecule has 92 valence electrons. The maximum absolute atomic E-state index is 11.8. The van der Waals surface area contributed by atoms with Gasteiger partial charge in [0.15, 0.2) is 0 Å². The Bertz CT molecular complexity index is 466. The van der Waals surface area contributed by atoms with E-state index in [0.29, 0.717) is 12.2 Å². The molecule has 4 nitrogen and oxygen atoms in total. The summed E-state index contributed by atoms with van der Waals surface area (Å²) in [6, 6.07) is 4.59. The molecule has 1 aliphatic rings. The van der Waals surface area contributed by atoms with Gasteiger partial charge in [0.2, 0.25) is 5.56 Å². The van der Waals surface area contributed by atoms with Crippen molar-refractivity contribution >= 4 is 21.8 Å². The van der Waals surface area contributed by atoms with Crippen molar-refractivity contribution in [3.05, 3.63) is 34.2 Å². The lowest BCUT2D eigenvalue weighted by Crippen LogP contribution is -2.31. The van der Waals surface area contributed by atoms with E-state index in [4.69, 9.17) is 0 Å². The Hall–Kier alpha value is -1.10. The number of rotatable bonds is 5. The SMILES string of the molecule is O=C(NCC1(CCBr)CC1)c1cccc(=O)[nH]1. The maximum Gasteiger partial charge on any atom is 0.267 e. The van der Waals surface area contributed by atoms with Crippen LogP contribution < -0.4 is 10.9 Å². The second kappa shape index (κ2) is 5.04. The molecular weight excluding hydrogens is 284 g/mol. The summed E-state index contributed by atoms with van der Waals surface area (Å²) >= 11 is 3.43. The molecule has 2 rings (SSSR count). The zero-order valence-electron chi connectivity index (χ0n) is 9.46. The summed E-state index contributed by atoms with van der Waals surface area (Å²) < 4.78 is 0. The zero-order valence-corrected chi connectivity index (χ0v) is 11.0. The molecule has 0 aromatic carbocycles. The van der Waals surface area contributed by atoms with E-state index in [1.165, 1.54) is 18.9 Å². The number of nitrogens with one attached hydrogen (secondary N) is 2. The van der Waals surface area contributed by atoms with Gasteiger partial charge in [-0.15, -0.1) is 0 Å². The van der Waals surface area contributed by atoms with Crippen molar-refractivity contribution in [2.75, 3.05) is 11.9 Å². The molecule has 17 heavy (non-hydrogen) atoms. The number of alkyl halides is 1. The van der Waals surface area contributed by atoms with E-state index in [9.17, 15) is 9.59 Å². The van der Waals surface area contributed by atoms with E-state index in [2.05, 4.69) is 26.2 Å². The van der Waals surface area contributed by atoms with Crippen molar-refractivity contribution in [3.8, 4) is 0 Å². The summed E-state index contributed by atoms with van der Waals surface area (Å²) in [4.78, 5) is 25.4. The highest BCUT2D eigenvalue weighted by molar-refractivity contribution is 9.09. The molecule has 0 spiro atoms. The van der Waals surface area contributed by atoms with Crippen LogP contribution in [-0.2, 0) is 0 Å². The molecule has 0 unspecified atom stereocenters. The van der Waals surface area contributed by atoms with Gasteiger partial charge in [0, 0.05) is 17.9 Å². The van der Waals surface area contributed by atoms with Crippen molar-refractivity contribution in [3.63, 3.8) is 0 Å². The molecule has 5 heteroatoms. The minimum absolute atomic E-state index is 0.205. The van der Waals surface area contributed by atoms with E-state index in [0.717, 1.165) is 11.8 Å². The molecule has 1 aliphatic carbocycles. The van der Waals surface area contributed by atoms with Gasteiger partial charge >= 0.3 is 0 Å². The Morgan fingerprint density at radius 2 is 2.24 bits per heavy atom. The fourth-order valence-corrected chi connectivity index (χ4v) is 2.68. The third-order valence-electron chi connectivity index (χ3n) is 3.22. The molecule has 0 atom stereocenters. The van der Waals surface area contributed by atoms with Crippen LogP contribution in [0, 0.1) is 5.41 Å². The topological polar surface area (TPSA) is 62.0 Å². The molecule has 0 saturated heterocycles. The maximum atomic E-state index is 11.8. The molecule has 1 fully saturated rings. The second-order valence-corrected chi connectivity index (χ2v) is 5.34. The minimum atomic E-state index is -0.251. The third-order valence-corrected chi connectivity index (χ3v) is 3.62. The highest BCUT2D eigenvalue weighted by Crippen LogP contribution is 2.48. The van der Waals surface area contributed by atoms with Gasteiger partial charge in [-0.2, -0.15) is 0 Å². The number of hydrogen-bond acceptors (Lipinski definition) is 2. The normalized spacial score (nSPS) is 16.5. The van der Waals surface area contributed by atoms with Crippen molar-refractivity contribution < 1.29 is 4.79 Å². The van der Waals surface area contributed by atoms with Gasteiger partial charge in [0.1, 0.15) is 5.69 Å². The number of pyridine rings is 1. The van der Waals surface area contributed by atoms with Crippen LogP contribution in [0.2, 0.25) is 0 Å². The molecule has 1 amide bonds. The van der Waals surface area contributed by atoms with E-state index in [-0.39, 0.29) is 16.9 Å². The summed E-state index contributed by atoms with van der Waals surface area (Å²) in [5.74, 6) is -0.205. The third kappa shape index (κ3) is 3.19. The summed E-state index contributed by atoms with van der Waals surface area (Å²) in [7, 11) is 0. The standard InChI is InChI=1S/C12H15BrN2O2/c13-7-6-12(4-5-12)8-14-11(17)9-2-1-3-10(16)15-9/h1-3H,4-8H2,(H,14,17)(H,15,16). The molecule has 1 aromatic heterocycles. The first-order valence-electron chi connectivity index (χ1n) is 5.69. The van der Waals surface area contributed by atoms with Crippen molar-refractivity contribution in [2.45, 2.75) is 19.3 Å². The number of amides is 1. The average Bonchev–Trinajstić information content (AvgIpc) is 3.07. The molecule has 0 bridgehead atoms. The first-order chi connectivity index (χ1) is 8.15. The van der Waals surface area contributed by atoms with Gasteiger partial charge in [0.05, 0.1) is 0 Å². The smallest absolute Gasteiger partial charge is 0.267 e. The van der Waals surface area contributed by atoms with Gasteiger partial charge in [0.25, 0.3) is 5.91 Å². The van der Waals surface area contributed by atoms with Crippen molar-refractivity contribution in [2.24, 2.45) is 5.41 Å². The lowest BCUT2D eigenvalue weighted by Gasteiger charge is -2.14. The van der Waals surface area contributed by atoms with Crippen molar-refractivity contribution in [1.82, 2.24) is 10.3 Å². The summed E-state index contributed by atoms with van der Waals surface area (Å²) in [5.41, 5.74) is 0.361. The van der Waals surface area contributed by atoms with E-state index in [1.54, 1.807) is 12.1 Å². The molecule has 0 aliphatic heterocycles. The molecule has 0 radical (unpaired) electrons. The highest BCUT2D eigenvalue weighted by Gasteiger charge is 2.41. The van der Waals surface area contributed by atoms with Gasteiger partial charge in [-0.1, -0.05) is 22.0 Å². The lowest BCUT2D eigenvalue weighted by molar-refractivity contribution is 0.0939. The Kier molecular flexibility index (Phi) is 3.66. The van der Waals surface area contributed by atoms with Crippen LogP contribution in [0.4, 0.5) is 0 Å². The first kappa shape index (κ1) is 12.4. The Morgan fingerprint density at radius 1 is 1.47 bits per heavy atom. The summed E-state index contributed by atoms with van der Waals surface area (Å²) in [6.07, 6.45) is 3.42. The number of hydrogen-bond donors (Lipinski definition) is 2. The minimum Gasteiger partial charge on any atom is -0.350 e. The fraction of sp³-hybridized carbons (Fsp3) is 0.500. The monoisotopic (exact) mass is 298 g/mol. The zero-order chi connectivity index (χ0) is 12.3. The quantitative estimate of drug-likeness (QED) is 0.812. The highest BCUT2D eigenvalue weighted by atomic mass is 79.9. The van der Waals surface area contributed by atoms with Gasteiger partial charge < -0.3 is 10.3 Å². The number of aromatic nitrogens is 1. The van der Waals surface area contributed by atoms with Gasteiger partial charge in [-0.05, 0) is 30.7 Å². The van der Waals surface area contributed by atoms with Crippen LogP contribution in [0.3, 0.4) is 0 Å². The second-order valence-electron chi connectivity index (χ2n) is 4.55. The van der Waals surface area contributed by atoms with Crippen molar-refractivity contribution in [1.29, 1.82) is 0 Å². The largest absolute Gasteiger partial charge is 0.350 e. The molecular formula is C12H15BrN2O2. The van der Waals surface area contributed by atoms with Crippen LogP contribution in [-0.4, -0.2) is 22.8 Å². The van der Waals surface area contributed by atoms with Gasteiger partial charge in [-0.3, -0.25) is 9.59 Å². The van der Waals surface area contributed by atoms with Gasteiger partial charge in [-0.25, -0.2) is 0 Å². The first-order valence-corrected chi connectivity index (χ1v) is 6.81. The Balaban J connectivity index is 1.92. The Labute approximate surface area is 108 Å². The molecule has 1 heterocycles. The molecule has 1 saturated carbocycles. The fourth-order valence-electron chi connectivity index (χ4n) is 1.84. The van der Waals surface area contributed by atoms with E-state index in [1.807, 2.05) is 0 Å². The number of carbonyl (C=O) groups is 1.